The summed E-state index contributed by atoms with van der Waals surface area (Å²) in [5, 5.41) is 12.0. The second-order valence-corrected chi connectivity index (χ2v) is 5.31. The summed E-state index contributed by atoms with van der Waals surface area (Å²) in [5.74, 6) is -0.117. The van der Waals surface area contributed by atoms with Crippen LogP contribution in [0.1, 0.15) is 45.9 Å². The average Bonchev–Trinajstić information content (AvgIpc) is 2.55. The Balaban J connectivity index is 1.81. The molecular formula is C18H16N2O. The maximum Gasteiger partial charge on any atom is 0.251 e. The third-order valence-electron chi connectivity index (χ3n) is 3.93. The zero-order valence-electron chi connectivity index (χ0n) is 11.7. The van der Waals surface area contributed by atoms with Gasteiger partial charge in [0.2, 0.25) is 0 Å². The number of nitrogens with one attached hydrogen (secondary N) is 1. The number of hydrogen-bond acceptors (Lipinski definition) is 2. The minimum absolute atomic E-state index is 0.0631. The van der Waals surface area contributed by atoms with Gasteiger partial charge in [-0.2, -0.15) is 5.26 Å². The van der Waals surface area contributed by atoms with Crippen molar-refractivity contribution in [3.05, 3.63) is 70.8 Å². The molecule has 1 amide bonds. The summed E-state index contributed by atoms with van der Waals surface area (Å²) in [4.78, 5) is 12.4. The normalized spacial score (nSPS) is 16.6. The van der Waals surface area contributed by atoms with Crippen LogP contribution in [0.5, 0.6) is 0 Å². The van der Waals surface area contributed by atoms with Gasteiger partial charge in [0.05, 0.1) is 17.7 Å². The lowest BCUT2D eigenvalue weighted by Crippen LogP contribution is -2.31. The molecule has 1 unspecified atom stereocenters. The standard InChI is InChI=1S/C18H16N2O/c19-12-13-5-3-8-15(11-13)18(21)20-17-10-4-7-14-6-1-2-9-16(14)17/h1-3,5-6,8-9,11,17H,4,7,10H2,(H,20,21). The van der Waals surface area contributed by atoms with E-state index < -0.39 is 0 Å². The first-order valence-corrected chi connectivity index (χ1v) is 7.17. The van der Waals surface area contributed by atoms with Crippen LogP contribution in [0.2, 0.25) is 0 Å². The number of carbonyl (C=O) groups is 1. The summed E-state index contributed by atoms with van der Waals surface area (Å²) in [6, 6.07) is 17.2. The van der Waals surface area contributed by atoms with Gasteiger partial charge in [-0.1, -0.05) is 30.3 Å². The van der Waals surface area contributed by atoms with Gasteiger partial charge in [-0.05, 0) is 48.6 Å². The van der Waals surface area contributed by atoms with E-state index in [2.05, 4.69) is 23.5 Å². The number of aryl methyl sites for hydroxylation is 1. The van der Waals surface area contributed by atoms with Crippen molar-refractivity contribution in [1.82, 2.24) is 5.32 Å². The van der Waals surface area contributed by atoms with Crippen LogP contribution >= 0.6 is 0 Å². The number of nitriles is 1. The molecule has 0 radical (unpaired) electrons. The van der Waals surface area contributed by atoms with Gasteiger partial charge in [0.25, 0.3) is 5.91 Å². The van der Waals surface area contributed by atoms with E-state index in [1.807, 2.05) is 12.1 Å². The number of rotatable bonds is 2. The summed E-state index contributed by atoms with van der Waals surface area (Å²) >= 11 is 0. The first-order valence-electron chi connectivity index (χ1n) is 7.17. The van der Waals surface area contributed by atoms with Gasteiger partial charge in [-0.3, -0.25) is 4.79 Å². The predicted octanol–water partition coefficient (Wildman–Crippen LogP) is 3.37. The molecule has 0 heterocycles. The molecule has 1 N–H and O–H groups in total. The van der Waals surface area contributed by atoms with Gasteiger partial charge in [-0.25, -0.2) is 0 Å². The third-order valence-corrected chi connectivity index (χ3v) is 3.93. The molecular weight excluding hydrogens is 260 g/mol. The second-order valence-electron chi connectivity index (χ2n) is 5.31. The van der Waals surface area contributed by atoms with Gasteiger partial charge in [0.15, 0.2) is 0 Å². The van der Waals surface area contributed by atoms with Crippen molar-refractivity contribution < 1.29 is 4.79 Å². The Kier molecular flexibility index (Phi) is 3.70. The molecule has 104 valence electrons. The summed E-state index contributed by atoms with van der Waals surface area (Å²) in [7, 11) is 0. The fourth-order valence-electron chi connectivity index (χ4n) is 2.88. The zero-order valence-corrected chi connectivity index (χ0v) is 11.7. The molecule has 0 spiro atoms. The zero-order chi connectivity index (χ0) is 14.7. The van der Waals surface area contributed by atoms with Crippen molar-refractivity contribution in [1.29, 1.82) is 5.26 Å². The van der Waals surface area contributed by atoms with Crippen LogP contribution in [0.25, 0.3) is 0 Å². The molecule has 3 rings (SSSR count). The number of fused-ring (bicyclic) bond motifs is 1. The van der Waals surface area contributed by atoms with Crippen molar-refractivity contribution in [3.63, 3.8) is 0 Å². The van der Waals surface area contributed by atoms with E-state index in [-0.39, 0.29) is 11.9 Å². The third kappa shape index (κ3) is 2.80. The molecule has 0 saturated carbocycles. The minimum Gasteiger partial charge on any atom is -0.345 e. The Morgan fingerprint density at radius 2 is 2.05 bits per heavy atom. The molecule has 21 heavy (non-hydrogen) atoms. The van der Waals surface area contributed by atoms with E-state index >= 15 is 0 Å². The quantitative estimate of drug-likeness (QED) is 0.914. The van der Waals surface area contributed by atoms with E-state index in [4.69, 9.17) is 5.26 Å². The Bertz CT molecular complexity index is 715. The molecule has 1 aliphatic rings. The number of carbonyl (C=O) groups excluding carboxylic acids is 1. The summed E-state index contributed by atoms with van der Waals surface area (Å²) in [6.07, 6.45) is 3.12. The monoisotopic (exact) mass is 276 g/mol. The molecule has 0 aromatic heterocycles. The Hall–Kier alpha value is -2.60. The summed E-state index contributed by atoms with van der Waals surface area (Å²) < 4.78 is 0. The first-order chi connectivity index (χ1) is 10.3. The number of hydrogen-bond donors (Lipinski definition) is 1. The van der Waals surface area contributed by atoms with Crippen LogP contribution < -0.4 is 5.32 Å². The van der Waals surface area contributed by atoms with E-state index in [9.17, 15) is 4.79 Å². The summed E-state index contributed by atoms with van der Waals surface area (Å²) in [6.45, 7) is 0. The SMILES string of the molecule is N#Cc1cccc(C(=O)NC2CCCc3ccccc32)c1. The van der Waals surface area contributed by atoms with Crippen LogP contribution in [0.15, 0.2) is 48.5 Å². The van der Waals surface area contributed by atoms with Crippen molar-refractivity contribution >= 4 is 5.91 Å². The highest BCUT2D eigenvalue weighted by Gasteiger charge is 2.21. The molecule has 2 aromatic carbocycles. The van der Waals surface area contributed by atoms with Crippen molar-refractivity contribution in [2.75, 3.05) is 0 Å². The van der Waals surface area contributed by atoms with Gasteiger partial charge in [-0.15, -0.1) is 0 Å². The highest BCUT2D eigenvalue weighted by molar-refractivity contribution is 5.94. The van der Waals surface area contributed by atoms with E-state index in [1.165, 1.54) is 11.1 Å². The number of benzene rings is 2. The Morgan fingerprint density at radius 1 is 1.19 bits per heavy atom. The maximum atomic E-state index is 12.4. The molecule has 2 aromatic rings. The van der Waals surface area contributed by atoms with E-state index in [0.29, 0.717) is 11.1 Å². The molecule has 0 bridgehead atoms. The lowest BCUT2D eigenvalue weighted by Gasteiger charge is -2.26. The van der Waals surface area contributed by atoms with Gasteiger partial charge >= 0.3 is 0 Å². The molecule has 3 nitrogen and oxygen atoms in total. The lowest BCUT2D eigenvalue weighted by atomic mass is 9.87. The highest BCUT2D eigenvalue weighted by atomic mass is 16.1. The first kappa shape index (κ1) is 13.4. The van der Waals surface area contributed by atoms with Crippen LogP contribution in [0.3, 0.4) is 0 Å². The van der Waals surface area contributed by atoms with Crippen LogP contribution in [0.4, 0.5) is 0 Å². The predicted molar refractivity (Wildman–Crippen MR) is 80.7 cm³/mol. The summed E-state index contributed by atoms with van der Waals surface area (Å²) in [5.41, 5.74) is 3.58. The van der Waals surface area contributed by atoms with Crippen LogP contribution in [-0.2, 0) is 6.42 Å². The molecule has 0 saturated heterocycles. The van der Waals surface area contributed by atoms with Crippen molar-refractivity contribution in [2.24, 2.45) is 0 Å². The molecule has 1 atom stereocenters. The smallest absolute Gasteiger partial charge is 0.251 e. The van der Waals surface area contributed by atoms with Crippen molar-refractivity contribution in [3.8, 4) is 6.07 Å². The van der Waals surface area contributed by atoms with Crippen molar-refractivity contribution in [2.45, 2.75) is 25.3 Å². The number of nitrogens with zero attached hydrogens (tertiary/aromatic N) is 1. The topological polar surface area (TPSA) is 52.9 Å². The van der Waals surface area contributed by atoms with E-state index in [1.54, 1.807) is 24.3 Å². The minimum atomic E-state index is -0.117. The van der Waals surface area contributed by atoms with Crippen LogP contribution in [-0.4, -0.2) is 5.91 Å². The molecule has 0 aliphatic heterocycles. The molecule has 3 heteroatoms. The number of amides is 1. The molecule has 0 fully saturated rings. The van der Waals surface area contributed by atoms with E-state index in [0.717, 1.165) is 19.3 Å². The van der Waals surface area contributed by atoms with Gasteiger partial charge < -0.3 is 5.32 Å². The van der Waals surface area contributed by atoms with Gasteiger partial charge in [0.1, 0.15) is 0 Å². The highest BCUT2D eigenvalue weighted by Crippen LogP contribution is 2.29. The maximum absolute atomic E-state index is 12.4. The fourth-order valence-corrected chi connectivity index (χ4v) is 2.88. The lowest BCUT2D eigenvalue weighted by molar-refractivity contribution is 0.0932. The molecule has 1 aliphatic carbocycles. The average molecular weight is 276 g/mol. The fraction of sp³-hybridized carbons (Fsp3) is 0.222. The second kappa shape index (κ2) is 5.80. The largest absolute Gasteiger partial charge is 0.345 e. The Morgan fingerprint density at radius 3 is 2.90 bits per heavy atom. The Labute approximate surface area is 124 Å². The van der Waals surface area contributed by atoms with Gasteiger partial charge in [0, 0.05) is 5.56 Å². The van der Waals surface area contributed by atoms with Crippen LogP contribution in [0, 0.1) is 11.3 Å².